The number of H-pyrrole nitrogens is 1. The summed E-state index contributed by atoms with van der Waals surface area (Å²) in [4.78, 5) is 16.3. The summed E-state index contributed by atoms with van der Waals surface area (Å²) in [6, 6.07) is 15.8. The molecule has 1 aromatic heterocycles. The van der Waals surface area contributed by atoms with E-state index in [2.05, 4.69) is 34.1 Å². The Kier molecular flexibility index (Phi) is 3.75. The Hall–Kier alpha value is -2.37. The second kappa shape index (κ2) is 5.92. The maximum absolute atomic E-state index is 11.3. The van der Waals surface area contributed by atoms with Crippen molar-refractivity contribution in [2.45, 2.75) is 25.0 Å². The highest BCUT2D eigenvalue weighted by molar-refractivity contribution is 5.73. The van der Waals surface area contributed by atoms with Gasteiger partial charge in [0, 0.05) is 19.6 Å². The van der Waals surface area contributed by atoms with Crippen LogP contribution in [-0.2, 0) is 12.1 Å². The first-order valence-corrected chi connectivity index (χ1v) is 8.24. The van der Waals surface area contributed by atoms with Crippen LogP contribution in [0.3, 0.4) is 0 Å². The van der Waals surface area contributed by atoms with Gasteiger partial charge in [0.15, 0.2) is 5.58 Å². The molecule has 0 amide bonds. The normalized spacial score (nSPS) is 18.0. The van der Waals surface area contributed by atoms with Crippen molar-refractivity contribution in [3.63, 3.8) is 0 Å². The minimum atomic E-state index is -0.864. The highest BCUT2D eigenvalue weighted by Crippen LogP contribution is 2.34. The molecule has 5 heteroatoms. The Morgan fingerprint density at radius 3 is 2.62 bits per heavy atom. The summed E-state index contributed by atoms with van der Waals surface area (Å²) < 4.78 is 5.11. The zero-order chi connectivity index (χ0) is 16.6. The lowest BCUT2D eigenvalue weighted by Gasteiger charge is -2.38. The molecule has 2 aromatic carbocycles. The second-order valence-electron chi connectivity index (χ2n) is 6.52. The van der Waals surface area contributed by atoms with Crippen LogP contribution in [0.15, 0.2) is 57.7 Å². The number of fused-ring (bicyclic) bond motifs is 1. The monoisotopic (exact) mass is 324 g/mol. The van der Waals surface area contributed by atoms with E-state index < -0.39 is 11.4 Å². The van der Waals surface area contributed by atoms with E-state index in [1.807, 2.05) is 12.1 Å². The van der Waals surface area contributed by atoms with Gasteiger partial charge in [-0.05, 0) is 36.1 Å². The van der Waals surface area contributed by atoms with E-state index in [1.54, 1.807) is 12.1 Å². The number of piperidine rings is 1. The molecule has 1 aliphatic heterocycles. The summed E-state index contributed by atoms with van der Waals surface area (Å²) in [6.45, 7) is 2.57. The Bertz CT molecular complexity index is 890. The van der Waals surface area contributed by atoms with E-state index in [4.69, 9.17) is 4.42 Å². The molecule has 1 fully saturated rings. The number of aliphatic hydroxyl groups is 1. The minimum Gasteiger partial charge on any atom is -0.408 e. The molecule has 0 saturated carbocycles. The van der Waals surface area contributed by atoms with E-state index in [9.17, 15) is 9.90 Å². The highest BCUT2D eigenvalue weighted by Gasteiger charge is 2.34. The third kappa shape index (κ3) is 2.88. The zero-order valence-corrected chi connectivity index (χ0v) is 13.4. The van der Waals surface area contributed by atoms with Crippen LogP contribution in [0.25, 0.3) is 11.1 Å². The molecule has 0 radical (unpaired) electrons. The molecule has 5 nitrogen and oxygen atoms in total. The van der Waals surface area contributed by atoms with Gasteiger partial charge in [-0.1, -0.05) is 36.4 Å². The summed E-state index contributed by atoms with van der Waals surface area (Å²) in [5, 5.41) is 11.0. The van der Waals surface area contributed by atoms with Gasteiger partial charge >= 0.3 is 5.76 Å². The number of aromatic amines is 1. The number of nitrogens with one attached hydrogen (secondary N) is 1. The number of benzene rings is 2. The molecule has 24 heavy (non-hydrogen) atoms. The smallest absolute Gasteiger partial charge is 0.408 e. The predicted octanol–water partition coefficient (Wildman–Crippen LogP) is 2.60. The van der Waals surface area contributed by atoms with Crippen LogP contribution >= 0.6 is 0 Å². The molecule has 0 unspecified atom stereocenters. The lowest BCUT2D eigenvalue weighted by Crippen LogP contribution is -2.42. The fraction of sp³-hybridized carbons (Fsp3) is 0.316. The quantitative estimate of drug-likeness (QED) is 0.777. The van der Waals surface area contributed by atoms with Gasteiger partial charge < -0.3 is 9.52 Å². The summed E-state index contributed by atoms with van der Waals surface area (Å²) in [7, 11) is 0. The maximum Gasteiger partial charge on any atom is 0.417 e. The van der Waals surface area contributed by atoms with Crippen molar-refractivity contribution in [1.82, 2.24) is 9.88 Å². The van der Waals surface area contributed by atoms with E-state index in [0.717, 1.165) is 25.2 Å². The molecule has 3 aromatic rings. The van der Waals surface area contributed by atoms with Crippen molar-refractivity contribution in [2.24, 2.45) is 0 Å². The van der Waals surface area contributed by atoms with E-state index in [0.29, 0.717) is 23.9 Å². The second-order valence-corrected chi connectivity index (χ2v) is 6.52. The molecule has 2 heterocycles. The highest BCUT2D eigenvalue weighted by atomic mass is 16.4. The first kappa shape index (κ1) is 15.2. The molecule has 0 spiro atoms. The number of rotatable bonds is 3. The third-order valence-corrected chi connectivity index (χ3v) is 4.89. The van der Waals surface area contributed by atoms with Crippen molar-refractivity contribution in [1.29, 1.82) is 0 Å². The van der Waals surface area contributed by atoms with Gasteiger partial charge in [-0.2, -0.15) is 0 Å². The fourth-order valence-corrected chi connectivity index (χ4v) is 3.45. The largest absolute Gasteiger partial charge is 0.417 e. The number of hydrogen-bond acceptors (Lipinski definition) is 4. The number of aromatic nitrogens is 1. The number of oxazole rings is 1. The summed E-state index contributed by atoms with van der Waals surface area (Å²) >= 11 is 0. The van der Waals surface area contributed by atoms with Crippen molar-refractivity contribution in [2.75, 3.05) is 13.1 Å². The molecule has 0 aliphatic carbocycles. The van der Waals surface area contributed by atoms with Crippen LogP contribution in [0.4, 0.5) is 0 Å². The van der Waals surface area contributed by atoms with Crippen LogP contribution < -0.4 is 5.76 Å². The third-order valence-electron chi connectivity index (χ3n) is 4.89. The number of nitrogens with zero attached hydrogens (tertiary/aromatic N) is 1. The van der Waals surface area contributed by atoms with Crippen molar-refractivity contribution in [3.8, 4) is 0 Å². The van der Waals surface area contributed by atoms with Crippen LogP contribution in [0.2, 0.25) is 0 Å². The summed E-state index contributed by atoms with van der Waals surface area (Å²) in [5.41, 5.74) is 2.40. The average molecular weight is 324 g/mol. The molecule has 4 rings (SSSR count). The Morgan fingerprint density at radius 2 is 1.88 bits per heavy atom. The van der Waals surface area contributed by atoms with Crippen molar-refractivity contribution in [3.05, 3.63) is 70.2 Å². The van der Waals surface area contributed by atoms with Crippen LogP contribution in [0.5, 0.6) is 0 Å². The molecule has 1 saturated heterocycles. The molecular weight excluding hydrogens is 304 g/mol. The molecular formula is C19H20N2O3. The lowest BCUT2D eigenvalue weighted by molar-refractivity contribution is -0.0276. The summed E-state index contributed by atoms with van der Waals surface area (Å²) in [5.74, 6) is -0.466. The molecule has 124 valence electrons. The lowest BCUT2D eigenvalue weighted by atomic mass is 9.84. The van der Waals surface area contributed by atoms with Gasteiger partial charge in [0.1, 0.15) is 0 Å². The molecule has 0 atom stereocenters. The minimum absolute atomic E-state index is 0.466. The first-order valence-electron chi connectivity index (χ1n) is 8.24. The predicted molar refractivity (Wildman–Crippen MR) is 91.7 cm³/mol. The van der Waals surface area contributed by atoms with Crippen LogP contribution in [-0.4, -0.2) is 28.1 Å². The summed E-state index contributed by atoms with van der Waals surface area (Å²) in [6.07, 6.45) is 1.33. The van der Waals surface area contributed by atoms with Gasteiger partial charge in [0.25, 0.3) is 0 Å². The maximum atomic E-state index is 11.3. The number of hydrogen-bond donors (Lipinski definition) is 2. The first-order chi connectivity index (χ1) is 11.6. The Labute approximate surface area is 139 Å². The van der Waals surface area contributed by atoms with E-state index in [-0.39, 0.29) is 0 Å². The van der Waals surface area contributed by atoms with Crippen molar-refractivity contribution < 1.29 is 9.52 Å². The fourth-order valence-electron chi connectivity index (χ4n) is 3.45. The van der Waals surface area contributed by atoms with Gasteiger partial charge in [-0.15, -0.1) is 0 Å². The SMILES string of the molecule is O=c1[nH]c2ccc(C3(O)CCN(Cc4ccccc4)CC3)cc2o1. The average Bonchev–Trinajstić information content (AvgIpc) is 2.97. The molecule has 2 N–H and O–H groups in total. The molecule has 1 aliphatic rings. The van der Waals surface area contributed by atoms with E-state index in [1.165, 1.54) is 5.56 Å². The molecule has 0 bridgehead atoms. The Morgan fingerprint density at radius 1 is 1.12 bits per heavy atom. The Balaban J connectivity index is 1.49. The number of likely N-dealkylation sites (tertiary alicyclic amines) is 1. The zero-order valence-electron chi connectivity index (χ0n) is 13.4. The van der Waals surface area contributed by atoms with Gasteiger partial charge in [-0.25, -0.2) is 4.79 Å². The van der Waals surface area contributed by atoms with Gasteiger partial charge in [0.2, 0.25) is 0 Å². The van der Waals surface area contributed by atoms with Gasteiger partial charge in [-0.3, -0.25) is 9.88 Å². The van der Waals surface area contributed by atoms with Crippen LogP contribution in [0, 0.1) is 0 Å². The topological polar surface area (TPSA) is 69.5 Å². The van der Waals surface area contributed by atoms with Gasteiger partial charge in [0.05, 0.1) is 11.1 Å². The van der Waals surface area contributed by atoms with Crippen LogP contribution in [0.1, 0.15) is 24.0 Å². The standard InChI is InChI=1S/C19H20N2O3/c22-18-20-16-7-6-15(12-17(16)24-18)19(23)8-10-21(11-9-19)13-14-4-2-1-3-5-14/h1-7,12,23H,8-11,13H2,(H,20,22). The van der Waals surface area contributed by atoms with E-state index >= 15 is 0 Å². The van der Waals surface area contributed by atoms with Crippen molar-refractivity contribution >= 4 is 11.1 Å².